The summed E-state index contributed by atoms with van der Waals surface area (Å²) in [6.07, 6.45) is -30.5. The molecule has 150 valence electrons. The lowest BCUT2D eigenvalue weighted by atomic mass is 9.80. The maximum Gasteiger partial charge on any atom is 0.456 e. The van der Waals surface area contributed by atoms with Crippen molar-refractivity contribution >= 4 is 0 Å². The summed E-state index contributed by atoms with van der Waals surface area (Å²) in [5, 5.41) is 0. The van der Waals surface area contributed by atoms with Crippen LogP contribution in [-0.4, -0.2) is 47.8 Å². The van der Waals surface area contributed by atoms with Crippen LogP contribution in [0.5, 0.6) is 0 Å². The highest BCUT2D eigenvalue weighted by Gasteiger charge is 3.11. The number of ether oxygens (including phenoxy) is 1. The van der Waals surface area contributed by atoms with Gasteiger partial charge >= 0.3 is 36.6 Å². The predicted molar refractivity (Wildman–Crippen MR) is 40.7 cm³/mol. The number of epoxide rings is 1. The lowest BCUT2D eigenvalue weighted by Gasteiger charge is -2.34. The van der Waals surface area contributed by atoms with Gasteiger partial charge in [-0.1, -0.05) is 0 Å². The molecule has 0 amide bonds. The summed E-state index contributed by atoms with van der Waals surface area (Å²) in [4.78, 5) is 0. The van der Waals surface area contributed by atoms with Gasteiger partial charge in [0.2, 0.25) is 0 Å². The second-order valence-electron chi connectivity index (χ2n) is 4.60. The summed E-state index contributed by atoms with van der Waals surface area (Å²) in [5.41, 5.74) is -14.5. The van der Waals surface area contributed by atoms with Gasteiger partial charge in [-0.25, -0.2) is 0 Å². The Kier molecular flexibility index (Phi) is 4.17. The number of alkyl halides is 16. The second-order valence-corrected chi connectivity index (χ2v) is 4.60. The summed E-state index contributed by atoms with van der Waals surface area (Å²) < 4.78 is 202. The first-order chi connectivity index (χ1) is 10.5. The molecular weight excluding hydrogens is 416 g/mol. The van der Waals surface area contributed by atoms with Crippen LogP contribution in [0.15, 0.2) is 0 Å². The molecule has 1 aliphatic rings. The van der Waals surface area contributed by atoms with E-state index in [-0.39, 0.29) is 0 Å². The van der Waals surface area contributed by atoms with Crippen LogP contribution in [0, 0.1) is 0 Å². The summed E-state index contributed by atoms with van der Waals surface area (Å²) in [6.45, 7) is 0. The van der Waals surface area contributed by atoms with Crippen LogP contribution in [0.4, 0.5) is 70.2 Å². The van der Waals surface area contributed by atoms with E-state index in [4.69, 9.17) is 0 Å². The molecule has 2 atom stereocenters. The van der Waals surface area contributed by atoms with Crippen LogP contribution in [0.2, 0.25) is 0 Å². The number of rotatable bonds is 2. The van der Waals surface area contributed by atoms with Crippen LogP contribution in [0.25, 0.3) is 0 Å². The molecule has 0 bridgehead atoms. The highest BCUT2D eigenvalue weighted by atomic mass is 19.4. The minimum absolute atomic E-state index is 2.01. The van der Waals surface area contributed by atoms with Gasteiger partial charge in [-0.3, -0.25) is 0 Å². The van der Waals surface area contributed by atoms with Gasteiger partial charge < -0.3 is 4.74 Å². The molecule has 17 heteroatoms. The van der Waals surface area contributed by atoms with E-state index in [1.165, 1.54) is 0 Å². The average Bonchev–Trinajstić information content (AvgIpc) is 2.96. The molecule has 1 rings (SSSR count). The van der Waals surface area contributed by atoms with Gasteiger partial charge in [-0.2, -0.15) is 70.2 Å². The van der Waals surface area contributed by atoms with Gasteiger partial charge in [0.1, 0.15) is 0 Å². The lowest BCUT2D eigenvalue weighted by molar-refractivity contribution is -0.376. The van der Waals surface area contributed by atoms with Crippen molar-refractivity contribution in [3.05, 3.63) is 0 Å². The van der Waals surface area contributed by atoms with Crippen LogP contribution >= 0.6 is 0 Å². The normalized spacial score (nSPS) is 29.8. The van der Waals surface area contributed by atoms with Crippen molar-refractivity contribution in [2.75, 3.05) is 0 Å². The molecule has 0 aromatic carbocycles. The Hall–Kier alpha value is -1.16. The van der Waals surface area contributed by atoms with E-state index < -0.39 is 47.8 Å². The molecule has 0 aromatic rings. The lowest BCUT2D eigenvalue weighted by Crippen LogP contribution is -2.69. The third kappa shape index (κ3) is 2.29. The highest BCUT2D eigenvalue weighted by molar-refractivity contribution is 5.35. The van der Waals surface area contributed by atoms with Gasteiger partial charge in [0.15, 0.2) is 0 Å². The van der Waals surface area contributed by atoms with Crippen LogP contribution in [-0.2, 0) is 4.74 Å². The first kappa shape index (κ1) is 21.9. The van der Waals surface area contributed by atoms with Gasteiger partial charge in [-0.15, -0.1) is 0 Å². The van der Waals surface area contributed by atoms with Crippen molar-refractivity contribution in [2.24, 2.45) is 0 Å². The van der Waals surface area contributed by atoms with E-state index in [0.29, 0.717) is 0 Å². The number of halogens is 16. The molecule has 0 spiro atoms. The Labute approximate surface area is 124 Å². The van der Waals surface area contributed by atoms with E-state index >= 15 is 0 Å². The summed E-state index contributed by atoms with van der Waals surface area (Å²) in [7, 11) is 0. The van der Waals surface area contributed by atoms with Gasteiger partial charge in [-0.05, 0) is 0 Å². The highest BCUT2D eigenvalue weighted by Crippen LogP contribution is 2.77. The predicted octanol–water partition coefficient (Wildman–Crippen LogP) is 5.01. The van der Waals surface area contributed by atoms with Crippen LogP contribution in [0.1, 0.15) is 0 Å². The second kappa shape index (κ2) is 4.76. The molecule has 1 saturated heterocycles. The van der Waals surface area contributed by atoms with Crippen molar-refractivity contribution in [3.8, 4) is 0 Å². The Morgan fingerprint density at radius 3 is 0.720 bits per heavy atom. The molecule has 0 saturated carbocycles. The number of hydrogen-bond acceptors (Lipinski definition) is 1. The maximum atomic E-state index is 13.0. The monoisotopic (exact) mass is 416 g/mol. The van der Waals surface area contributed by atoms with Crippen LogP contribution in [0.3, 0.4) is 0 Å². The van der Waals surface area contributed by atoms with Gasteiger partial charge in [0.05, 0.1) is 0 Å². The quantitative estimate of drug-likeness (QED) is 0.456. The Bertz CT molecular complexity index is 484. The fourth-order valence-corrected chi connectivity index (χ4v) is 2.04. The largest absolute Gasteiger partial charge is 0.456 e. The third-order valence-corrected chi connectivity index (χ3v) is 3.16. The summed E-state index contributed by atoms with van der Waals surface area (Å²) in [5.74, 6) is -15.6. The zero-order valence-corrected chi connectivity index (χ0v) is 10.5. The zero-order valence-electron chi connectivity index (χ0n) is 10.5. The van der Waals surface area contributed by atoms with Crippen molar-refractivity contribution in [3.63, 3.8) is 0 Å². The molecule has 0 aromatic heterocycles. The Morgan fingerprint density at radius 1 is 0.400 bits per heavy atom. The molecule has 1 nitrogen and oxygen atoms in total. The summed E-state index contributed by atoms with van der Waals surface area (Å²) >= 11 is 0. The minimum atomic E-state index is -7.80. The molecule has 1 fully saturated rings. The van der Waals surface area contributed by atoms with E-state index in [9.17, 15) is 70.2 Å². The van der Waals surface area contributed by atoms with Gasteiger partial charge in [0.25, 0.3) is 11.2 Å². The van der Waals surface area contributed by atoms with E-state index in [1.807, 2.05) is 4.74 Å². The maximum absolute atomic E-state index is 13.0. The van der Waals surface area contributed by atoms with E-state index in [2.05, 4.69) is 0 Å². The van der Waals surface area contributed by atoms with Gasteiger partial charge in [0, 0.05) is 0 Å². The summed E-state index contributed by atoms with van der Waals surface area (Å²) in [6, 6.07) is 0. The first-order valence-electron chi connectivity index (χ1n) is 5.18. The molecule has 1 aliphatic heterocycles. The molecule has 25 heavy (non-hydrogen) atoms. The zero-order chi connectivity index (χ0) is 20.7. The first-order valence-corrected chi connectivity index (χ1v) is 5.18. The fourth-order valence-electron chi connectivity index (χ4n) is 2.04. The third-order valence-electron chi connectivity index (χ3n) is 3.16. The minimum Gasteiger partial charge on any atom is -0.332 e. The SMILES string of the molecule is FC(F)(F)C(F)(F)C1(C(F)(F)F)OC1(C(F)(F)F)C(F)(F)C(F)(F)F. The van der Waals surface area contributed by atoms with Crippen LogP contribution < -0.4 is 0 Å². The van der Waals surface area contributed by atoms with Crippen molar-refractivity contribution < 1.29 is 75.0 Å². The van der Waals surface area contributed by atoms with E-state index in [1.54, 1.807) is 0 Å². The van der Waals surface area contributed by atoms with E-state index in [0.717, 1.165) is 0 Å². The molecule has 1 heterocycles. The van der Waals surface area contributed by atoms with Crippen molar-refractivity contribution in [1.82, 2.24) is 0 Å². The Morgan fingerprint density at radius 2 is 0.600 bits per heavy atom. The molecule has 0 radical (unpaired) electrons. The average molecular weight is 416 g/mol. The number of hydrogen-bond donors (Lipinski definition) is 0. The molecule has 0 N–H and O–H groups in total. The smallest absolute Gasteiger partial charge is 0.332 e. The molecular formula is C8F16O. The van der Waals surface area contributed by atoms with Crippen molar-refractivity contribution in [1.29, 1.82) is 0 Å². The standard InChI is InChI=1S/C8F16O/c9-3(10,7(19,20)21)1(5(13,14)15)2(25-1,6(16,17)18)4(11,12)8(22,23)24. The Balaban J connectivity index is 3.93. The molecule has 2 unspecified atom stereocenters. The molecule has 0 aliphatic carbocycles. The fraction of sp³-hybridized carbons (Fsp3) is 1.00. The van der Waals surface area contributed by atoms with Crippen molar-refractivity contribution in [2.45, 2.75) is 47.8 Å². The topological polar surface area (TPSA) is 12.5 Å².